The number of carbonyl (C=O) groups is 1. The van der Waals surface area contributed by atoms with E-state index in [0.717, 1.165) is 22.3 Å². The van der Waals surface area contributed by atoms with Crippen LogP contribution in [0.2, 0.25) is 0 Å². The second-order valence-corrected chi connectivity index (χ2v) is 8.15. The van der Waals surface area contributed by atoms with Crippen molar-refractivity contribution in [3.8, 4) is 11.4 Å². The molecular formula is C23H23F3N6O. The van der Waals surface area contributed by atoms with Gasteiger partial charge >= 0.3 is 6.18 Å². The number of aryl methyl sites for hydroxylation is 1. The average molecular weight is 456 g/mol. The van der Waals surface area contributed by atoms with Gasteiger partial charge in [-0.3, -0.25) is 14.6 Å². The van der Waals surface area contributed by atoms with Gasteiger partial charge in [0.05, 0.1) is 11.7 Å². The molecule has 0 aliphatic heterocycles. The summed E-state index contributed by atoms with van der Waals surface area (Å²) in [5.41, 5.74) is 4.13. The molecule has 7 nitrogen and oxygen atoms in total. The maximum Gasteiger partial charge on any atom is 0.405 e. The van der Waals surface area contributed by atoms with Gasteiger partial charge in [0.15, 0.2) is 5.82 Å². The van der Waals surface area contributed by atoms with Crippen LogP contribution in [0.1, 0.15) is 47.1 Å². The number of halogens is 3. The number of hydrogen-bond acceptors (Lipinski definition) is 4. The first-order chi connectivity index (χ1) is 15.6. The van der Waals surface area contributed by atoms with E-state index in [0.29, 0.717) is 23.7 Å². The molecule has 0 fully saturated rings. The monoisotopic (exact) mass is 456 g/mol. The number of alkyl halides is 3. The summed E-state index contributed by atoms with van der Waals surface area (Å²) in [6.45, 7) is 2.90. The fourth-order valence-corrected chi connectivity index (χ4v) is 3.84. The molecule has 2 aromatic carbocycles. The van der Waals surface area contributed by atoms with Crippen molar-refractivity contribution in [3.63, 3.8) is 0 Å². The third kappa shape index (κ3) is 4.89. The van der Waals surface area contributed by atoms with Crippen LogP contribution in [0.25, 0.3) is 22.3 Å². The predicted octanol–water partition coefficient (Wildman–Crippen LogP) is 4.36. The van der Waals surface area contributed by atoms with E-state index >= 15 is 0 Å². The molecule has 0 saturated heterocycles. The maximum atomic E-state index is 12.3. The standard InChI is InChI=1S/C23H23F3N6O/c1-13(2)20-16(8-9-18-17(20)11-28-30-18)10-19-29-21(31-32(19)3)14-4-6-15(7-5-14)22(33)27-12-23(24,25)26/h4-9,11,13H,10,12H2,1-3H3,(H,27,33)(H,28,30). The van der Waals surface area contributed by atoms with Crippen LogP contribution in [-0.4, -0.2) is 43.6 Å². The number of benzene rings is 2. The van der Waals surface area contributed by atoms with Crippen molar-refractivity contribution >= 4 is 16.8 Å². The average Bonchev–Trinajstić information content (AvgIpc) is 3.38. The second kappa shape index (κ2) is 8.68. The summed E-state index contributed by atoms with van der Waals surface area (Å²) in [6.07, 6.45) is -2.04. The zero-order valence-electron chi connectivity index (χ0n) is 18.4. The predicted molar refractivity (Wildman–Crippen MR) is 118 cm³/mol. The van der Waals surface area contributed by atoms with Gasteiger partial charge in [0.25, 0.3) is 5.91 Å². The lowest BCUT2D eigenvalue weighted by atomic mass is 9.92. The summed E-state index contributed by atoms with van der Waals surface area (Å²) in [5, 5.41) is 14.6. The highest BCUT2D eigenvalue weighted by Gasteiger charge is 2.28. The highest BCUT2D eigenvalue weighted by atomic mass is 19.4. The fraction of sp³-hybridized carbons (Fsp3) is 0.304. The van der Waals surface area contributed by atoms with Crippen LogP contribution in [0, 0.1) is 0 Å². The van der Waals surface area contributed by atoms with E-state index in [4.69, 9.17) is 0 Å². The molecule has 33 heavy (non-hydrogen) atoms. The summed E-state index contributed by atoms with van der Waals surface area (Å²) in [5.74, 6) is 0.751. The molecule has 0 aliphatic carbocycles. The van der Waals surface area contributed by atoms with Crippen LogP contribution in [0.5, 0.6) is 0 Å². The first-order valence-corrected chi connectivity index (χ1v) is 10.4. The van der Waals surface area contributed by atoms with Crippen molar-refractivity contribution in [2.45, 2.75) is 32.4 Å². The summed E-state index contributed by atoms with van der Waals surface area (Å²) < 4.78 is 38.6. The summed E-state index contributed by atoms with van der Waals surface area (Å²) in [7, 11) is 1.82. The van der Waals surface area contributed by atoms with Crippen molar-refractivity contribution < 1.29 is 18.0 Å². The van der Waals surface area contributed by atoms with E-state index in [2.05, 4.69) is 40.2 Å². The maximum absolute atomic E-state index is 12.3. The topological polar surface area (TPSA) is 88.5 Å². The lowest BCUT2D eigenvalue weighted by Gasteiger charge is -2.13. The van der Waals surface area contributed by atoms with Gasteiger partial charge in [0, 0.05) is 30.0 Å². The van der Waals surface area contributed by atoms with Crippen LogP contribution in [0.4, 0.5) is 13.2 Å². The Balaban J connectivity index is 1.55. The van der Waals surface area contributed by atoms with Gasteiger partial charge in [-0.1, -0.05) is 32.0 Å². The number of nitrogens with zero attached hydrogens (tertiary/aromatic N) is 4. The van der Waals surface area contributed by atoms with Gasteiger partial charge in [-0.15, -0.1) is 0 Å². The van der Waals surface area contributed by atoms with Crippen LogP contribution in [-0.2, 0) is 13.5 Å². The van der Waals surface area contributed by atoms with Gasteiger partial charge < -0.3 is 5.32 Å². The molecule has 0 atom stereocenters. The van der Waals surface area contributed by atoms with E-state index in [1.807, 2.05) is 24.6 Å². The highest BCUT2D eigenvalue weighted by molar-refractivity contribution is 5.94. The minimum Gasteiger partial charge on any atom is -0.343 e. The van der Waals surface area contributed by atoms with E-state index in [-0.39, 0.29) is 5.56 Å². The molecule has 0 spiro atoms. The van der Waals surface area contributed by atoms with Gasteiger partial charge in [0.2, 0.25) is 0 Å². The molecule has 0 unspecified atom stereocenters. The Labute approximate surface area is 188 Å². The lowest BCUT2D eigenvalue weighted by molar-refractivity contribution is -0.123. The van der Waals surface area contributed by atoms with Crippen LogP contribution in [0.3, 0.4) is 0 Å². The first-order valence-electron chi connectivity index (χ1n) is 10.4. The number of hydrogen-bond donors (Lipinski definition) is 2. The molecule has 0 saturated carbocycles. The molecule has 0 bridgehead atoms. The Kier molecular flexibility index (Phi) is 5.92. The largest absolute Gasteiger partial charge is 0.405 e. The third-order valence-corrected chi connectivity index (χ3v) is 5.39. The molecule has 0 radical (unpaired) electrons. The summed E-state index contributed by atoms with van der Waals surface area (Å²) in [6, 6.07) is 10.2. The first kappa shape index (κ1) is 22.5. The number of amides is 1. The van der Waals surface area contributed by atoms with Crippen molar-refractivity contribution in [2.24, 2.45) is 7.05 Å². The number of nitrogens with one attached hydrogen (secondary N) is 2. The fourth-order valence-electron chi connectivity index (χ4n) is 3.84. The quantitative estimate of drug-likeness (QED) is 0.451. The number of H-pyrrole nitrogens is 1. The zero-order valence-corrected chi connectivity index (χ0v) is 18.4. The molecule has 2 N–H and O–H groups in total. The molecule has 2 aromatic heterocycles. The van der Waals surface area contributed by atoms with Crippen LogP contribution >= 0.6 is 0 Å². The van der Waals surface area contributed by atoms with Gasteiger partial charge in [-0.25, -0.2) is 4.98 Å². The number of carbonyl (C=O) groups excluding carboxylic acids is 1. The van der Waals surface area contributed by atoms with E-state index in [1.165, 1.54) is 17.7 Å². The van der Waals surface area contributed by atoms with Crippen molar-refractivity contribution in [2.75, 3.05) is 6.54 Å². The van der Waals surface area contributed by atoms with Crippen molar-refractivity contribution in [1.29, 1.82) is 0 Å². The highest BCUT2D eigenvalue weighted by Crippen LogP contribution is 2.29. The molecule has 4 rings (SSSR count). The van der Waals surface area contributed by atoms with Gasteiger partial charge in [0.1, 0.15) is 12.4 Å². The normalized spacial score (nSPS) is 12.0. The van der Waals surface area contributed by atoms with E-state index in [9.17, 15) is 18.0 Å². The van der Waals surface area contributed by atoms with Crippen LogP contribution < -0.4 is 5.32 Å². The molecule has 4 aromatic rings. The Morgan fingerprint density at radius 2 is 1.88 bits per heavy atom. The van der Waals surface area contributed by atoms with Crippen molar-refractivity contribution in [1.82, 2.24) is 30.3 Å². The summed E-state index contributed by atoms with van der Waals surface area (Å²) >= 11 is 0. The molecule has 10 heteroatoms. The molecule has 0 aliphatic rings. The van der Waals surface area contributed by atoms with E-state index < -0.39 is 18.6 Å². The Bertz CT molecular complexity index is 1290. The number of aromatic nitrogens is 5. The molecule has 2 heterocycles. The van der Waals surface area contributed by atoms with E-state index in [1.54, 1.807) is 16.8 Å². The minimum atomic E-state index is -4.46. The van der Waals surface area contributed by atoms with Crippen LogP contribution in [0.15, 0.2) is 42.6 Å². The minimum absolute atomic E-state index is 0.133. The lowest BCUT2D eigenvalue weighted by Crippen LogP contribution is -2.33. The SMILES string of the molecule is CC(C)c1c(Cc2nc(-c3ccc(C(=O)NCC(F)(F)F)cc3)nn2C)ccc2[nH]ncc12. The Morgan fingerprint density at radius 3 is 2.55 bits per heavy atom. The second-order valence-electron chi connectivity index (χ2n) is 8.15. The smallest absolute Gasteiger partial charge is 0.343 e. The van der Waals surface area contributed by atoms with Crippen molar-refractivity contribution in [3.05, 3.63) is 65.1 Å². The summed E-state index contributed by atoms with van der Waals surface area (Å²) in [4.78, 5) is 16.6. The molecule has 1 amide bonds. The molecular weight excluding hydrogens is 433 g/mol. The number of rotatable bonds is 6. The number of aromatic amines is 1. The van der Waals surface area contributed by atoms with Gasteiger partial charge in [-0.05, 0) is 35.2 Å². The number of fused-ring (bicyclic) bond motifs is 1. The molecule has 172 valence electrons. The van der Waals surface area contributed by atoms with Gasteiger partial charge in [-0.2, -0.15) is 23.4 Å². The third-order valence-electron chi connectivity index (χ3n) is 5.39. The Hall–Kier alpha value is -3.69. The Morgan fingerprint density at radius 1 is 1.15 bits per heavy atom. The zero-order chi connectivity index (χ0) is 23.8.